The lowest BCUT2D eigenvalue weighted by molar-refractivity contribution is -0.387. The summed E-state index contributed by atoms with van der Waals surface area (Å²) in [5.74, 6) is -0.820. The van der Waals surface area contributed by atoms with Gasteiger partial charge >= 0.3 is 5.69 Å². The van der Waals surface area contributed by atoms with Crippen molar-refractivity contribution in [2.24, 2.45) is 0 Å². The highest BCUT2D eigenvalue weighted by molar-refractivity contribution is 5.34. The van der Waals surface area contributed by atoms with Crippen molar-refractivity contribution in [3.63, 3.8) is 0 Å². The number of ether oxygens (including phenoxy) is 1. The molecule has 0 heterocycles. The number of benzene rings is 1. The molecule has 1 aromatic carbocycles. The van der Waals surface area contributed by atoms with Crippen molar-refractivity contribution in [2.75, 3.05) is 0 Å². The van der Waals surface area contributed by atoms with Gasteiger partial charge in [0.05, 0.1) is 17.6 Å². The SMILES string of the molecule is CCCC(C)OCc1ccc([N+](=O)[O-])c(F)c1. The second-order valence-corrected chi connectivity index (χ2v) is 3.95. The Morgan fingerprint density at radius 3 is 2.76 bits per heavy atom. The van der Waals surface area contributed by atoms with E-state index in [-0.39, 0.29) is 12.7 Å². The Labute approximate surface area is 99.6 Å². The van der Waals surface area contributed by atoms with Gasteiger partial charge in [0.15, 0.2) is 0 Å². The van der Waals surface area contributed by atoms with Gasteiger partial charge in [-0.25, -0.2) is 0 Å². The molecule has 1 atom stereocenters. The van der Waals surface area contributed by atoms with Crippen LogP contribution in [0.25, 0.3) is 0 Å². The van der Waals surface area contributed by atoms with Crippen LogP contribution >= 0.6 is 0 Å². The Morgan fingerprint density at radius 1 is 1.53 bits per heavy atom. The zero-order valence-electron chi connectivity index (χ0n) is 9.98. The number of rotatable bonds is 6. The molecule has 0 amide bonds. The number of halogens is 1. The number of hydrogen-bond acceptors (Lipinski definition) is 3. The molecule has 0 N–H and O–H groups in total. The van der Waals surface area contributed by atoms with Crippen LogP contribution in [-0.4, -0.2) is 11.0 Å². The first-order valence-corrected chi connectivity index (χ1v) is 5.59. The Hall–Kier alpha value is -1.49. The van der Waals surface area contributed by atoms with E-state index in [0.29, 0.717) is 5.56 Å². The summed E-state index contributed by atoms with van der Waals surface area (Å²) in [6.07, 6.45) is 2.07. The highest BCUT2D eigenvalue weighted by Gasteiger charge is 2.13. The number of nitrogens with zero attached hydrogens (tertiary/aromatic N) is 1. The summed E-state index contributed by atoms with van der Waals surface area (Å²) < 4.78 is 18.8. The van der Waals surface area contributed by atoms with Crippen LogP contribution in [-0.2, 0) is 11.3 Å². The third kappa shape index (κ3) is 4.11. The zero-order valence-corrected chi connectivity index (χ0v) is 9.98. The molecule has 0 radical (unpaired) electrons. The molecule has 1 rings (SSSR count). The van der Waals surface area contributed by atoms with E-state index in [4.69, 9.17) is 4.74 Å². The summed E-state index contributed by atoms with van der Waals surface area (Å²) in [4.78, 5) is 9.68. The van der Waals surface area contributed by atoms with E-state index in [9.17, 15) is 14.5 Å². The maximum atomic E-state index is 13.3. The van der Waals surface area contributed by atoms with E-state index in [1.54, 1.807) is 0 Å². The summed E-state index contributed by atoms with van der Waals surface area (Å²) in [6.45, 7) is 4.28. The Bertz CT molecular complexity index is 395. The molecule has 4 nitrogen and oxygen atoms in total. The predicted octanol–water partition coefficient (Wildman–Crippen LogP) is 3.44. The first kappa shape index (κ1) is 13.6. The molecule has 0 aliphatic rings. The monoisotopic (exact) mass is 241 g/mol. The molecule has 0 aliphatic carbocycles. The molecule has 0 aliphatic heterocycles. The molecule has 0 spiro atoms. The third-order valence-corrected chi connectivity index (χ3v) is 2.44. The molecule has 0 aromatic heterocycles. The molecule has 0 fully saturated rings. The topological polar surface area (TPSA) is 52.4 Å². The van der Waals surface area contributed by atoms with Gasteiger partial charge in [-0.2, -0.15) is 4.39 Å². The van der Waals surface area contributed by atoms with Crippen LogP contribution in [0.3, 0.4) is 0 Å². The lowest BCUT2D eigenvalue weighted by Gasteiger charge is -2.11. The van der Waals surface area contributed by atoms with Crippen LogP contribution in [0.2, 0.25) is 0 Å². The maximum Gasteiger partial charge on any atom is 0.304 e. The van der Waals surface area contributed by atoms with Crippen LogP contribution in [0.5, 0.6) is 0 Å². The zero-order chi connectivity index (χ0) is 12.8. The summed E-state index contributed by atoms with van der Waals surface area (Å²) in [6, 6.07) is 3.83. The van der Waals surface area contributed by atoms with Gasteiger partial charge in [0, 0.05) is 6.07 Å². The van der Waals surface area contributed by atoms with Gasteiger partial charge in [0.1, 0.15) is 0 Å². The Kier molecular flexibility index (Phi) is 5.03. The fourth-order valence-corrected chi connectivity index (χ4v) is 1.52. The van der Waals surface area contributed by atoms with Gasteiger partial charge in [0.25, 0.3) is 0 Å². The summed E-state index contributed by atoms with van der Waals surface area (Å²) in [7, 11) is 0. The van der Waals surface area contributed by atoms with Gasteiger partial charge < -0.3 is 4.74 Å². The second-order valence-electron chi connectivity index (χ2n) is 3.95. The van der Waals surface area contributed by atoms with E-state index >= 15 is 0 Å². The van der Waals surface area contributed by atoms with Gasteiger partial charge in [-0.1, -0.05) is 13.3 Å². The minimum Gasteiger partial charge on any atom is -0.374 e. The largest absolute Gasteiger partial charge is 0.374 e. The van der Waals surface area contributed by atoms with E-state index in [1.807, 2.05) is 6.92 Å². The molecular formula is C12H16FNO3. The molecular weight excluding hydrogens is 225 g/mol. The van der Waals surface area contributed by atoms with Crippen LogP contribution in [0, 0.1) is 15.9 Å². The first-order valence-electron chi connectivity index (χ1n) is 5.59. The van der Waals surface area contributed by atoms with Gasteiger partial charge in [-0.05, 0) is 31.0 Å². The quantitative estimate of drug-likeness (QED) is 0.566. The van der Waals surface area contributed by atoms with E-state index in [2.05, 4.69) is 6.92 Å². The van der Waals surface area contributed by atoms with Crippen LogP contribution in [0.4, 0.5) is 10.1 Å². The highest BCUT2D eigenvalue weighted by atomic mass is 19.1. The molecule has 1 unspecified atom stereocenters. The third-order valence-electron chi connectivity index (χ3n) is 2.44. The Balaban J connectivity index is 2.62. The van der Waals surface area contributed by atoms with Crippen molar-refractivity contribution < 1.29 is 14.1 Å². The van der Waals surface area contributed by atoms with Crippen LogP contribution < -0.4 is 0 Å². The number of nitro benzene ring substituents is 1. The normalized spacial score (nSPS) is 12.4. The van der Waals surface area contributed by atoms with Crippen molar-refractivity contribution in [1.29, 1.82) is 0 Å². The first-order chi connectivity index (χ1) is 8.04. The average Bonchev–Trinajstić information content (AvgIpc) is 2.26. The van der Waals surface area contributed by atoms with Gasteiger partial charge in [-0.3, -0.25) is 10.1 Å². The van der Waals surface area contributed by atoms with Crippen molar-refractivity contribution in [2.45, 2.75) is 39.4 Å². The molecule has 5 heteroatoms. The smallest absolute Gasteiger partial charge is 0.304 e. The van der Waals surface area contributed by atoms with E-state index in [1.165, 1.54) is 12.1 Å². The summed E-state index contributed by atoms with van der Waals surface area (Å²) >= 11 is 0. The minimum atomic E-state index is -0.820. The van der Waals surface area contributed by atoms with Gasteiger partial charge in [-0.15, -0.1) is 0 Å². The Morgan fingerprint density at radius 2 is 2.24 bits per heavy atom. The molecule has 94 valence electrons. The van der Waals surface area contributed by atoms with Crippen molar-refractivity contribution in [3.8, 4) is 0 Å². The van der Waals surface area contributed by atoms with E-state index in [0.717, 1.165) is 18.9 Å². The summed E-state index contributed by atoms with van der Waals surface area (Å²) in [5.41, 5.74) is 0.103. The molecule has 0 saturated carbocycles. The average molecular weight is 241 g/mol. The molecule has 0 saturated heterocycles. The standard InChI is InChI=1S/C12H16FNO3/c1-3-4-9(2)17-8-10-5-6-12(14(15)16)11(13)7-10/h5-7,9H,3-4,8H2,1-2H3. The van der Waals surface area contributed by atoms with Crippen molar-refractivity contribution in [3.05, 3.63) is 39.7 Å². The molecule has 1 aromatic rings. The van der Waals surface area contributed by atoms with Crippen molar-refractivity contribution in [1.82, 2.24) is 0 Å². The maximum absolute atomic E-state index is 13.3. The highest BCUT2D eigenvalue weighted by Crippen LogP contribution is 2.18. The second kappa shape index (κ2) is 6.30. The predicted molar refractivity (Wildman–Crippen MR) is 62.2 cm³/mol. The van der Waals surface area contributed by atoms with Crippen molar-refractivity contribution >= 4 is 5.69 Å². The molecule has 17 heavy (non-hydrogen) atoms. The fourth-order valence-electron chi connectivity index (χ4n) is 1.52. The van der Waals surface area contributed by atoms with E-state index < -0.39 is 16.4 Å². The molecule has 0 bridgehead atoms. The fraction of sp³-hybridized carbons (Fsp3) is 0.500. The number of nitro groups is 1. The minimum absolute atomic E-state index is 0.109. The summed E-state index contributed by atoms with van der Waals surface area (Å²) in [5, 5.41) is 10.4. The number of hydrogen-bond donors (Lipinski definition) is 0. The van der Waals surface area contributed by atoms with Crippen LogP contribution in [0.15, 0.2) is 18.2 Å². The van der Waals surface area contributed by atoms with Crippen LogP contribution in [0.1, 0.15) is 32.3 Å². The lowest BCUT2D eigenvalue weighted by atomic mass is 10.2. The lowest BCUT2D eigenvalue weighted by Crippen LogP contribution is -2.07. The van der Waals surface area contributed by atoms with Gasteiger partial charge in [0.2, 0.25) is 5.82 Å².